The summed E-state index contributed by atoms with van der Waals surface area (Å²) in [7, 11) is 0. The second-order valence-corrected chi connectivity index (χ2v) is 10.1. The first-order valence-electron chi connectivity index (χ1n) is 17.7. The molecule has 0 unspecified atom stereocenters. The van der Waals surface area contributed by atoms with E-state index in [1.807, 2.05) is 36.4 Å². The van der Waals surface area contributed by atoms with Crippen molar-refractivity contribution >= 4 is 21.9 Å². The monoisotopic (exact) mass is 525 g/mol. The molecular weight excluding hydrogens is 490 g/mol. The molecule has 5 nitrogen and oxygen atoms in total. The summed E-state index contributed by atoms with van der Waals surface area (Å²) in [5.74, 6) is -0.617. The minimum absolute atomic E-state index is 0.00765. The molecule has 190 valence electrons. The maximum absolute atomic E-state index is 8.65. The minimum atomic E-state index is -0.600. The second-order valence-electron chi connectivity index (χ2n) is 10.1. The number of pyridine rings is 1. The molecule has 40 heavy (non-hydrogen) atoms. The molecule has 4 aromatic carbocycles. The minimum Gasteiger partial charge on any atom is -0.307 e. The highest BCUT2D eigenvalue weighted by atomic mass is 15.0. The van der Waals surface area contributed by atoms with Crippen LogP contribution in [0.4, 0.5) is 0 Å². The highest BCUT2D eigenvalue weighted by molar-refractivity contribution is 6.10. The lowest BCUT2D eigenvalue weighted by Crippen LogP contribution is -2.26. The maximum atomic E-state index is 8.65. The van der Waals surface area contributed by atoms with Gasteiger partial charge in [-0.2, -0.15) is 0 Å². The van der Waals surface area contributed by atoms with Gasteiger partial charge in [-0.3, -0.25) is 4.98 Å². The molecule has 4 heterocycles. The van der Waals surface area contributed by atoms with Crippen molar-refractivity contribution in [2.75, 3.05) is 0 Å². The Balaban J connectivity index is 1.51. The summed E-state index contributed by atoms with van der Waals surface area (Å²) in [6, 6.07) is 9.97. The fourth-order valence-corrected chi connectivity index (χ4v) is 5.61. The molecule has 0 amide bonds. The number of nitrogens with zero attached hydrogens (tertiary/aromatic N) is 5. The number of rotatable bonds is 3. The van der Waals surface area contributed by atoms with Gasteiger partial charge in [0.1, 0.15) is 0 Å². The van der Waals surface area contributed by atoms with Gasteiger partial charge in [-0.05, 0) is 41.5 Å². The Morgan fingerprint density at radius 2 is 1.30 bits per heavy atom. The molecule has 1 aliphatic heterocycles. The predicted molar refractivity (Wildman–Crippen MR) is 160 cm³/mol. The van der Waals surface area contributed by atoms with Crippen LogP contribution in [0.1, 0.15) is 38.7 Å². The van der Waals surface area contributed by atoms with Crippen molar-refractivity contribution in [3.8, 4) is 39.9 Å². The van der Waals surface area contributed by atoms with E-state index in [4.69, 9.17) is 18.7 Å². The third-order valence-electron chi connectivity index (χ3n) is 7.45. The lowest BCUT2D eigenvalue weighted by atomic mass is 9.74. The molecular formula is C35H25N5. The van der Waals surface area contributed by atoms with Gasteiger partial charge >= 0.3 is 0 Å². The largest absolute Gasteiger partial charge is 0.307 e. The van der Waals surface area contributed by atoms with Gasteiger partial charge in [0.15, 0.2) is 17.5 Å². The van der Waals surface area contributed by atoms with E-state index in [-0.39, 0.29) is 28.6 Å². The lowest BCUT2D eigenvalue weighted by molar-refractivity contribution is 0.630. The first kappa shape index (κ1) is 14.8. The normalized spacial score (nSPS) is 16.9. The molecule has 0 saturated heterocycles. The summed E-state index contributed by atoms with van der Waals surface area (Å²) in [5, 5.41) is 0.796. The van der Waals surface area contributed by atoms with E-state index in [1.54, 1.807) is 6.20 Å². The third kappa shape index (κ3) is 3.27. The molecule has 8 rings (SSSR count). The van der Waals surface area contributed by atoms with Crippen molar-refractivity contribution in [2.24, 2.45) is 0 Å². The van der Waals surface area contributed by atoms with E-state index in [9.17, 15) is 0 Å². The molecule has 0 spiro atoms. The molecule has 0 saturated carbocycles. The number of fused-ring (bicyclic) bond motifs is 5. The third-order valence-corrected chi connectivity index (χ3v) is 7.45. The molecule has 5 heteroatoms. The van der Waals surface area contributed by atoms with E-state index < -0.39 is 65.8 Å². The van der Waals surface area contributed by atoms with Crippen LogP contribution in [0.3, 0.4) is 0 Å². The van der Waals surface area contributed by atoms with E-state index in [1.165, 1.54) is 0 Å². The number of para-hydroxylation sites is 1. The van der Waals surface area contributed by atoms with Crippen LogP contribution >= 0.6 is 0 Å². The molecule has 3 aromatic heterocycles. The van der Waals surface area contributed by atoms with E-state index >= 15 is 0 Å². The van der Waals surface area contributed by atoms with Gasteiger partial charge in [-0.1, -0.05) is 92.5 Å². The zero-order valence-electron chi connectivity index (χ0n) is 31.4. The van der Waals surface area contributed by atoms with Crippen LogP contribution in [0.25, 0.3) is 61.8 Å². The highest BCUT2D eigenvalue weighted by Gasteiger charge is 2.36. The number of hydrogen-bond donors (Lipinski definition) is 0. The average Bonchev–Trinajstić information content (AvgIpc) is 3.45. The Bertz CT molecular complexity index is 2510. The first-order valence-corrected chi connectivity index (χ1v) is 12.7. The van der Waals surface area contributed by atoms with Crippen molar-refractivity contribution in [3.63, 3.8) is 0 Å². The van der Waals surface area contributed by atoms with Crippen LogP contribution in [0.5, 0.6) is 0 Å². The van der Waals surface area contributed by atoms with Crippen LogP contribution in [-0.2, 0) is 5.41 Å². The van der Waals surface area contributed by atoms with Crippen molar-refractivity contribution < 1.29 is 13.7 Å². The van der Waals surface area contributed by atoms with Gasteiger partial charge in [-0.25, -0.2) is 15.0 Å². The molecule has 0 radical (unpaired) electrons. The summed E-state index contributed by atoms with van der Waals surface area (Å²) in [6.45, 7) is 4.23. The van der Waals surface area contributed by atoms with Crippen LogP contribution in [0, 0.1) is 0 Å². The topological polar surface area (TPSA) is 56.5 Å². The second kappa shape index (κ2) is 8.42. The summed E-state index contributed by atoms with van der Waals surface area (Å²) < 4.78 is 86.1. The van der Waals surface area contributed by atoms with E-state index in [0.29, 0.717) is 5.56 Å². The Morgan fingerprint density at radius 1 is 0.675 bits per heavy atom. The zero-order chi connectivity index (χ0) is 35.5. The standard InChI is InChI=1S/C35H25N5/c1-35(2)26-16-9-10-17-28(26)40-29-18-11-19-36-30(29)25-20-24(21-27(35)31(25)40)34-38-32(22-12-5-3-6-13-22)37-33(39-34)23-14-7-4-8-15-23/h3-21H,1-2H3/i3D,4D,5D,6D,7D,8D,12D,13D,14D,15D. The van der Waals surface area contributed by atoms with Crippen molar-refractivity contribution in [1.82, 2.24) is 24.5 Å². The Kier molecular flexibility index (Phi) is 3.12. The maximum Gasteiger partial charge on any atom is 0.164 e. The fourth-order valence-electron chi connectivity index (χ4n) is 5.61. The molecule has 0 bridgehead atoms. The van der Waals surface area contributed by atoms with Gasteiger partial charge in [0.25, 0.3) is 0 Å². The van der Waals surface area contributed by atoms with Gasteiger partial charge in [0, 0.05) is 33.7 Å². The van der Waals surface area contributed by atoms with Gasteiger partial charge < -0.3 is 4.57 Å². The quantitative estimate of drug-likeness (QED) is 0.234. The lowest BCUT2D eigenvalue weighted by Gasteiger charge is -2.34. The van der Waals surface area contributed by atoms with Crippen molar-refractivity contribution in [3.05, 3.63) is 126 Å². The van der Waals surface area contributed by atoms with E-state index in [0.717, 1.165) is 38.8 Å². The predicted octanol–water partition coefficient (Wildman–Crippen LogP) is 8.00. The summed E-state index contributed by atoms with van der Waals surface area (Å²) >= 11 is 0. The molecule has 7 aromatic rings. The van der Waals surface area contributed by atoms with Gasteiger partial charge in [0.05, 0.1) is 35.9 Å². The van der Waals surface area contributed by atoms with Crippen molar-refractivity contribution in [2.45, 2.75) is 19.3 Å². The average molecular weight is 526 g/mol. The summed E-state index contributed by atoms with van der Waals surface area (Å²) in [4.78, 5) is 18.5. The Hall–Kier alpha value is -5.16. The van der Waals surface area contributed by atoms with Crippen LogP contribution in [0.15, 0.2) is 115 Å². The first-order chi connectivity index (χ1) is 23.7. The Morgan fingerprint density at radius 3 is 1.98 bits per heavy atom. The Labute approximate surface area is 245 Å². The number of aromatic nitrogens is 5. The van der Waals surface area contributed by atoms with Gasteiger partial charge in [-0.15, -0.1) is 0 Å². The molecule has 0 atom stereocenters. The van der Waals surface area contributed by atoms with E-state index in [2.05, 4.69) is 45.5 Å². The van der Waals surface area contributed by atoms with Crippen molar-refractivity contribution in [1.29, 1.82) is 0 Å². The molecule has 0 aliphatic carbocycles. The van der Waals surface area contributed by atoms with Crippen LogP contribution in [0.2, 0.25) is 0 Å². The molecule has 0 fully saturated rings. The van der Waals surface area contributed by atoms with Gasteiger partial charge in [0.2, 0.25) is 0 Å². The molecule has 1 aliphatic rings. The van der Waals surface area contributed by atoms with Crippen LogP contribution in [-0.4, -0.2) is 24.5 Å². The molecule has 0 N–H and O–H groups in total. The smallest absolute Gasteiger partial charge is 0.164 e. The van der Waals surface area contributed by atoms with Crippen LogP contribution < -0.4 is 0 Å². The highest BCUT2D eigenvalue weighted by Crippen LogP contribution is 2.48. The summed E-state index contributed by atoms with van der Waals surface area (Å²) in [5.41, 5.74) is 4.89. The fraction of sp³-hybridized carbons (Fsp3) is 0.0857. The SMILES string of the molecule is [2H]c1c([2H])c([2H])c(-c2nc(-c3cc4c5c(c3)c3ncccc3n5-c3ccccc3C4(C)C)nc(-c3c([2H])c([2H])c([2H])c([2H])c3[2H])n2)c([2H])c1[2H]. The number of hydrogen-bond acceptors (Lipinski definition) is 4. The summed E-state index contributed by atoms with van der Waals surface area (Å²) in [6.07, 6.45) is 1.71. The number of benzene rings is 4. The zero-order valence-corrected chi connectivity index (χ0v) is 21.4.